The van der Waals surface area contributed by atoms with Crippen LogP contribution in [0.3, 0.4) is 0 Å². The van der Waals surface area contributed by atoms with Crippen LogP contribution in [-0.2, 0) is 82.0 Å². The van der Waals surface area contributed by atoms with Gasteiger partial charge in [0.15, 0.2) is 0 Å². The molecule has 0 fully saturated rings. The van der Waals surface area contributed by atoms with Crippen LogP contribution in [0.15, 0.2) is 0 Å². The molecule has 0 saturated carbocycles. The van der Waals surface area contributed by atoms with E-state index in [1.54, 1.807) is 0 Å². The van der Waals surface area contributed by atoms with Crippen LogP contribution >= 0.6 is 0 Å². The maximum Gasteiger partial charge on any atom is 3.00 e. The Morgan fingerprint density at radius 2 is 0.333 bits per heavy atom. The van der Waals surface area contributed by atoms with E-state index in [1.165, 1.54) is 0 Å². The summed E-state index contributed by atoms with van der Waals surface area (Å²) in [7, 11) is 0. The number of hydrogen-bond acceptors (Lipinski definition) is 0. The first kappa shape index (κ1) is 140. The monoisotopic (exact) mass is 538 g/mol. The van der Waals surface area contributed by atoms with Gasteiger partial charge in [0, 0.05) is 0 Å². The van der Waals surface area contributed by atoms with Crippen molar-refractivity contribution in [2.75, 3.05) is 0 Å². The summed E-state index contributed by atoms with van der Waals surface area (Å²) in [5.41, 5.74) is 0. The minimum absolute atomic E-state index is 0. The molecule has 0 rings (SSSR count). The fraction of sp³-hybridized carbons (Fsp3) is 0. The third-order valence-corrected chi connectivity index (χ3v) is 0. The zero-order valence-electron chi connectivity index (χ0n) is 4.61. The van der Waals surface area contributed by atoms with Gasteiger partial charge in [-0.2, -0.15) is 0 Å². The summed E-state index contributed by atoms with van der Waals surface area (Å²) in [6.45, 7) is 0. The van der Waals surface area contributed by atoms with Crippen LogP contribution in [0, 0.1) is 0 Å². The van der Waals surface area contributed by atoms with E-state index >= 15 is 0 Å². The molecule has 0 aliphatic carbocycles. The largest absolute Gasteiger partial charge is 3.00 e. The Morgan fingerprint density at radius 1 is 0.333 bits per heavy atom. The minimum atomic E-state index is 0. The van der Waals surface area contributed by atoms with E-state index in [2.05, 4.69) is 0 Å². The predicted molar refractivity (Wildman–Crippen MR) is 14.9 cm³/mol. The molecule has 0 aliphatic rings. The van der Waals surface area contributed by atoms with Gasteiger partial charge in [-0.25, -0.2) is 0 Å². The van der Waals surface area contributed by atoms with Gasteiger partial charge in [-0.1, -0.05) is 0 Å². The normalized spacial score (nSPS) is 0. The first-order valence-corrected chi connectivity index (χ1v) is 0. The molecule has 5 nitrogen and oxygen atoms in total. The van der Waals surface area contributed by atoms with Gasteiger partial charge >= 0.3 is 106 Å². The van der Waals surface area contributed by atoms with Crippen molar-refractivity contribution in [1.29, 1.82) is 0 Å². The molecule has 0 unspecified atom stereocenters. The molecule has 0 saturated heterocycles. The fourth-order valence-electron chi connectivity index (χ4n) is 0. The van der Waals surface area contributed by atoms with Crippen LogP contribution in [-0.4, -0.2) is 51.7 Å². The second-order valence-electron chi connectivity index (χ2n) is 0. The van der Waals surface area contributed by atoms with Crippen molar-refractivity contribution < 1.29 is 82.0 Å². The third-order valence-electron chi connectivity index (χ3n) is 0. The topological polar surface area (TPSA) is 142 Å². The Hall–Kier alpha value is 3.38. The number of rotatable bonds is 0. The van der Waals surface area contributed by atoms with Gasteiger partial charge in [0.1, 0.15) is 0 Å². The average Bonchev–Trinajstić information content (AvgIpc) is 0. The van der Waals surface area contributed by atoms with Gasteiger partial charge < -0.3 is 27.4 Å². The maximum absolute atomic E-state index is 0. The van der Waals surface area contributed by atoms with Crippen LogP contribution in [0.2, 0.25) is 0 Å². The van der Waals surface area contributed by atoms with E-state index in [0.717, 1.165) is 0 Å². The van der Waals surface area contributed by atoms with E-state index in [0.29, 0.717) is 0 Å². The van der Waals surface area contributed by atoms with Gasteiger partial charge in [-0.3, -0.25) is 0 Å². The summed E-state index contributed by atoms with van der Waals surface area (Å²) in [6.07, 6.45) is 0. The summed E-state index contributed by atoms with van der Waals surface area (Å²) in [5.74, 6) is 0. The van der Waals surface area contributed by atoms with E-state index in [1.807, 2.05) is 0 Å². The van der Waals surface area contributed by atoms with Crippen molar-refractivity contribution in [3.63, 3.8) is 0 Å². The zero-order valence-corrected chi connectivity index (χ0v) is 19.3. The molecule has 0 radical (unpaired) electrons. The van der Waals surface area contributed by atoms with Gasteiger partial charge in [-0.15, -0.1) is 0 Å². The zero-order chi connectivity index (χ0) is 0. The Kier molecular flexibility index (Phi) is 1670. The van der Waals surface area contributed by atoms with Crippen LogP contribution < -0.4 is 0 Å². The molecule has 9 heavy (non-hydrogen) atoms. The van der Waals surface area contributed by atoms with Gasteiger partial charge in [0.25, 0.3) is 0 Å². The van der Waals surface area contributed by atoms with Gasteiger partial charge in [0.2, 0.25) is 0 Å². The quantitative estimate of drug-likeness (QED) is 0.339. The van der Waals surface area contributed by atoms with Gasteiger partial charge in [0.05, 0.1) is 0 Å². The van der Waals surface area contributed by atoms with E-state index in [9.17, 15) is 0 Å². The molecule has 9 heteroatoms. The van der Waals surface area contributed by atoms with E-state index in [4.69, 9.17) is 0 Å². The van der Waals surface area contributed by atoms with Crippen molar-refractivity contribution in [3.05, 3.63) is 0 Å². The summed E-state index contributed by atoms with van der Waals surface area (Å²) in [5, 5.41) is 0. The first-order chi connectivity index (χ1) is 0. The van der Waals surface area contributed by atoms with Crippen molar-refractivity contribution in [2.45, 2.75) is 0 Å². The molecule has 0 spiro atoms. The molecule has 0 aromatic carbocycles. The standard InChI is InChI=1S/2Cd.2In.5O/q2*+2;2*+3;5*-2. The first-order valence-electron chi connectivity index (χ1n) is 0. The molecule has 0 aromatic rings. The fourth-order valence-corrected chi connectivity index (χ4v) is 0. The second kappa shape index (κ2) is 107. The average molecular weight is 534 g/mol. The molecule has 0 aromatic heterocycles. The Morgan fingerprint density at radius 3 is 0.333 bits per heavy atom. The molecule has 0 heterocycles. The smallest absolute Gasteiger partial charge is 2.00 e. The molecule has 0 atom stereocenters. The summed E-state index contributed by atoms with van der Waals surface area (Å²) < 4.78 is 0. The van der Waals surface area contributed by atoms with E-state index < -0.39 is 0 Å². The summed E-state index contributed by atoms with van der Waals surface area (Å²) >= 11 is 0. The predicted octanol–water partition coefficient (Wildman–Crippen LogP) is -1.36. The Bertz CT molecular complexity index is 12.9. The molecule has 40 valence electrons. The van der Waals surface area contributed by atoms with Crippen LogP contribution in [0.5, 0.6) is 0 Å². The minimum Gasteiger partial charge on any atom is -2.00 e. The molecule has 0 bridgehead atoms. The molecular formula is Cd2In2O5. The van der Waals surface area contributed by atoms with Crippen LogP contribution in [0.25, 0.3) is 0 Å². The second-order valence-corrected chi connectivity index (χ2v) is 0. The Labute approximate surface area is 131 Å². The van der Waals surface area contributed by atoms with Gasteiger partial charge in [-0.05, 0) is 0 Å². The van der Waals surface area contributed by atoms with Crippen LogP contribution in [0.4, 0.5) is 0 Å². The van der Waals surface area contributed by atoms with Crippen molar-refractivity contribution >= 4 is 51.7 Å². The molecule has 0 amide bonds. The van der Waals surface area contributed by atoms with Crippen molar-refractivity contribution in [3.8, 4) is 0 Å². The number of hydrogen-bond donors (Lipinski definition) is 0. The van der Waals surface area contributed by atoms with Crippen molar-refractivity contribution in [1.82, 2.24) is 0 Å². The maximum atomic E-state index is 0. The summed E-state index contributed by atoms with van der Waals surface area (Å²) in [4.78, 5) is 0. The Balaban J connectivity index is 0. The molecule has 0 N–H and O–H groups in total. The SMILES string of the molecule is [Cd+2].[Cd+2].[In+3].[In+3].[O-2].[O-2].[O-2].[O-2].[O-2]. The van der Waals surface area contributed by atoms with E-state index in [-0.39, 0.29) is 134 Å². The van der Waals surface area contributed by atoms with Crippen molar-refractivity contribution in [2.24, 2.45) is 0 Å². The molecule has 0 aliphatic heterocycles. The molecular weight excluding hydrogens is 534 g/mol. The van der Waals surface area contributed by atoms with Crippen LogP contribution in [0.1, 0.15) is 0 Å². The third kappa shape index (κ3) is 87.5. The summed E-state index contributed by atoms with van der Waals surface area (Å²) in [6, 6.07) is 0.